The lowest BCUT2D eigenvalue weighted by Crippen LogP contribution is -2.34. The number of carbonyl (C=O) groups is 1. The molecule has 6 nitrogen and oxygen atoms in total. The summed E-state index contributed by atoms with van der Waals surface area (Å²) in [5.41, 5.74) is 3.91. The van der Waals surface area contributed by atoms with Gasteiger partial charge in [0.05, 0.1) is 1.37 Å². The van der Waals surface area contributed by atoms with Crippen molar-refractivity contribution in [1.82, 2.24) is 5.31 Å². The second-order valence-corrected chi connectivity index (χ2v) is 1.51. The Hall–Kier alpha value is -1.30. The largest absolute Gasteiger partial charge is 0.480 e. The van der Waals surface area contributed by atoms with Crippen LogP contribution in [0.3, 0.4) is 0 Å². The van der Waals surface area contributed by atoms with E-state index in [9.17, 15) is 4.79 Å². The maximum Gasteiger partial charge on any atom is 0.320 e. The first kappa shape index (κ1) is 2.59. The number of guanidine groups is 1. The molecule has 0 heterocycles. The minimum Gasteiger partial charge on any atom is -0.480 e. The highest BCUT2D eigenvalue weighted by Gasteiger charge is 2.09. The molecule has 0 fully saturated rings. The highest BCUT2D eigenvalue weighted by molar-refractivity contribution is 5.74. The SMILES string of the molecule is [2H]N(C(=N)N)C([2H])([2H])C([2H])([2H])C([2H])([2H])[C@@]([2H])(C(=O)O)N([2H])[2H]. The van der Waals surface area contributed by atoms with E-state index in [2.05, 4.69) is 0 Å². The van der Waals surface area contributed by atoms with Crippen LogP contribution in [0.25, 0.3) is 0 Å². The molecule has 70 valence electrons. The molecule has 0 radical (unpaired) electrons. The fourth-order valence-electron chi connectivity index (χ4n) is 0.229. The van der Waals surface area contributed by atoms with Crippen LogP contribution in [-0.2, 0) is 4.79 Å². The van der Waals surface area contributed by atoms with E-state index in [-0.39, 0.29) is 0 Å². The Bertz CT molecular complexity index is 470. The number of hydrogen-bond donors (Lipinski definition) is 5. The lowest BCUT2D eigenvalue weighted by Gasteiger charge is -2.06. The minimum absolute atomic E-state index is 0.536. The van der Waals surface area contributed by atoms with Gasteiger partial charge < -0.3 is 21.9 Å². The summed E-state index contributed by atoms with van der Waals surface area (Å²) >= 11 is 0. The number of hydrogen-bond acceptors (Lipinski definition) is 3. The minimum atomic E-state index is -3.99. The number of aliphatic carboxylic acids is 1. The predicted octanol–water partition coefficient (Wildman–Crippen LogP) is -1.34. The topological polar surface area (TPSA) is 125 Å². The zero-order valence-corrected chi connectivity index (χ0v) is 5.83. The van der Waals surface area contributed by atoms with E-state index in [1.54, 1.807) is 0 Å². The Kier molecular flexibility index (Phi) is 1.16. The molecule has 0 aromatic rings. The average Bonchev–Trinajstić information content (AvgIpc) is 2.34. The van der Waals surface area contributed by atoms with E-state index in [1.165, 1.54) is 0 Å². The van der Waals surface area contributed by atoms with E-state index in [1.807, 2.05) is 0 Å². The van der Waals surface area contributed by atoms with Crippen molar-refractivity contribution in [1.29, 1.82) is 5.41 Å². The van der Waals surface area contributed by atoms with Crippen molar-refractivity contribution in [2.24, 2.45) is 11.5 Å². The van der Waals surface area contributed by atoms with Gasteiger partial charge in [-0.3, -0.25) is 10.2 Å². The van der Waals surface area contributed by atoms with Gasteiger partial charge in [0.1, 0.15) is 8.84 Å². The number of rotatable bonds is 6. The van der Waals surface area contributed by atoms with Crippen LogP contribution in [0.15, 0.2) is 0 Å². The molecule has 0 rings (SSSR count). The fraction of sp³-hybridized carbons (Fsp3) is 0.667. The lowest BCUT2D eigenvalue weighted by molar-refractivity contribution is -0.138. The molecule has 0 unspecified atom stereocenters. The van der Waals surface area contributed by atoms with Gasteiger partial charge in [0.2, 0.25) is 0 Å². The standard InChI is InChI=1S/C6H14N4O2/c7-4(5(11)12)2-1-3-10-6(8)9/h4H,1-3,7H2,(H,11,12)(H4,8,9,10)/t4-/m0/s1/i1D2,2D2,3D2,4D/hD3. The highest BCUT2D eigenvalue weighted by Crippen LogP contribution is 1.92. The molecule has 0 saturated heterocycles. The molecular formula is C6H14N4O2. The van der Waals surface area contributed by atoms with E-state index < -0.39 is 48.2 Å². The second kappa shape index (κ2) is 5.36. The van der Waals surface area contributed by atoms with Gasteiger partial charge in [-0.1, -0.05) is 0 Å². The molecular weight excluding hydrogens is 160 g/mol. The lowest BCUT2D eigenvalue weighted by atomic mass is 10.2. The summed E-state index contributed by atoms with van der Waals surface area (Å²) in [6.07, 6.45) is -7.92. The van der Waals surface area contributed by atoms with Crippen LogP contribution in [0.1, 0.15) is 22.3 Å². The summed E-state index contributed by atoms with van der Waals surface area (Å²) < 4.78 is 73.3. The maximum atomic E-state index is 11.1. The van der Waals surface area contributed by atoms with Crippen LogP contribution in [0.5, 0.6) is 0 Å². The summed E-state index contributed by atoms with van der Waals surface area (Å²) in [6.45, 7) is -3.68. The molecule has 0 aromatic heterocycles. The molecule has 0 aliphatic carbocycles. The van der Waals surface area contributed by atoms with Gasteiger partial charge in [0.25, 0.3) is 0 Å². The van der Waals surface area contributed by atoms with Crippen molar-refractivity contribution in [3.8, 4) is 0 Å². The van der Waals surface area contributed by atoms with Crippen molar-refractivity contribution in [2.45, 2.75) is 18.8 Å². The van der Waals surface area contributed by atoms with Gasteiger partial charge >= 0.3 is 5.97 Å². The molecule has 1 atom stereocenters. The van der Waals surface area contributed by atoms with Crippen molar-refractivity contribution in [3.05, 3.63) is 0 Å². The summed E-state index contributed by atoms with van der Waals surface area (Å²) in [5.74, 6) is -3.72. The number of carboxylic acid groups (broad SMARTS) is 1. The van der Waals surface area contributed by atoms with Crippen LogP contribution in [0, 0.1) is 5.41 Å². The van der Waals surface area contributed by atoms with Gasteiger partial charge in [-0.15, -0.1) is 0 Å². The van der Waals surface area contributed by atoms with Crippen LogP contribution >= 0.6 is 0 Å². The van der Waals surface area contributed by atoms with Crippen LogP contribution in [0.2, 0.25) is 4.24 Å². The molecule has 0 aliphatic rings. The van der Waals surface area contributed by atoms with E-state index >= 15 is 0 Å². The van der Waals surface area contributed by atoms with E-state index in [0.29, 0.717) is 0 Å². The van der Waals surface area contributed by atoms with Gasteiger partial charge in [-0.05, 0) is 12.7 Å². The van der Waals surface area contributed by atoms with Gasteiger partial charge in [0, 0.05) is 14.7 Å². The summed E-state index contributed by atoms with van der Waals surface area (Å²) in [5, 5.41) is 15.3. The Morgan fingerprint density at radius 3 is 3.17 bits per heavy atom. The first-order valence-corrected chi connectivity index (χ1v) is 2.64. The first-order chi connectivity index (χ1) is 9.49. The average molecular weight is 184 g/mol. The number of carboxylic acids is 1. The monoisotopic (exact) mass is 184 g/mol. The smallest absolute Gasteiger partial charge is 0.320 e. The third kappa shape index (κ3) is 5.48. The highest BCUT2D eigenvalue weighted by atomic mass is 16.4. The Labute approximate surface area is 84.7 Å². The van der Waals surface area contributed by atoms with Crippen molar-refractivity contribution >= 4 is 11.9 Å². The maximum absolute atomic E-state index is 11.1. The van der Waals surface area contributed by atoms with E-state index in [4.69, 9.17) is 30.1 Å². The number of nitrogens with one attached hydrogen (secondary N) is 2. The zero-order chi connectivity index (χ0) is 18.3. The van der Waals surface area contributed by atoms with Crippen molar-refractivity contribution in [2.75, 3.05) is 6.50 Å². The number of nitrogens with two attached hydrogens (primary N) is 2. The molecule has 12 heavy (non-hydrogen) atoms. The molecule has 0 bridgehead atoms. The molecule has 0 amide bonds. The normalized spacial score (nSPS) is 30.8. The molecule has 0 spiro atoms. The third-order valence-corrected chi connectivity index (χ3v) is 0.616. The Morgan fingerprint density at radius 2 is 2.75 bits per heavy atom. The Morgan fingerprint density at radius 1 is 2.08 bits per heavy atom. The van der Waals surface area contributed by atoms with Crippen LogP contribution < -0.4 is 16.8 Å². The molecule has 6 heteroatoms. The fourth-order valence-corrected chi connectivity index (χ4v) is 0.229. The Balaban J connectivity index is 6.27. The van der Waals surface area contributed by atoms with Gasteiger partial charge in [-0.25, -0.2) is 0 Å². The molecule has 0 saturated carbocycles. The third-order valence-electron chi connectivity index (χ3n) is 0.616. The predicted molar refractivity (Wildman–Crippen MR) is 44.8 cm³/mol. The summed E-state index contributed by atoms with van der Waals surface area (Å²) in [4.78, 5) is 11.1. The zero-order valence-electron chi connectivity index (χ0n) is 15.8. The van der Waals surface area contributed by atoms with Crippen LogP contribution in [-0.4, -0.2) is 29.6 Å². The van der Waals surface area contributed by atoms with Gasteiger partial charge in [0.15, 0.2) is 7.37 Å². The molecule has 0 aliphatic heterocycles. The van der Waals surface area contributed by atoms with E-state index in [0.717, 1.165) is 0 Å². The second-order valence-electron chi connectivity index (χ2n) is 1.51. The van der Waals surface area contributed by atoms with Gasteiger partial charge in [-0.2, -0.15) is 0 Å². The van der Waals surface area contributed by atoms with Crippen LogP contribution in [0.4, 0.5) is 0 Å². The first-order valence-electron chi connectivity index (χ1n) is 7.48. The quantitative estimate of drug-likeness (QED) is 0.258. The summed E-state index contributed by atoms with van der Waals surface area (Å²) in [6, 6.07) is -3.86. The van der Waals surface area contributed by atoms with Crippen molar-refractivity contribution < 1.29 is 23.7 Å². The molecule has 7 N–H and O–H groups in total. The molecule has 0 aromatic carbocycles. The summed E-state index contributed by atoms with van der Waals surface area (Å²) in [7, 11) is 0. The van der Waals surface area contributed by atoms with Crippen molar-refractivity contribution in [3.63, 3.8) is 0 Å².